The molecule has 0 aromatic heterocycles. The second kappa shape index (κ2) is 8.04. The van der Waals surface area contributed by atoms with Crippen molar-refractivity contribution in [1.82, 2.24) is 4.90 Å². The lowest BCUT2D eigenvalue weighted by Gasteiger charge is -2.33. The van der Waals surface area contributed by atoms with Crippen LogP contribution in [0, 0.1) is 4.91 Å². The molecule has 1 aliphatic carbocycles. The Kier molecular flexibility index (Phi) is 5.05. The minimum Gasteiger partial charge on any atom is -0.383 e. The Balaban J connectivity index is 1.31. The van der Waals surface area contributed by atoms with Gasteiger partial charge in [-0.25, -0.2) is 0 Å². The zero-order chi connectivity index (χ0) is 22.2. The van der Waals surface area contributed by atoms with E-state index >= 15 is 0 Å². The summed E-state index contributed by atoms with van der Waals surface area (Å²) in [6.07, 6.45) is 3.32. The second-order valence-corrected chi connectivity index (χ2v) is 8.34. The molecule has 32 heavy (non-hydrogen) atoms. The molecular weight excluding hydrogens is 402 g/mol. The van der Waals surface area contributed by atoms with Crippen molar-refractivity contribution in [2.24, 2.45) is 5.18 Å². The van der Waals surface area contributed by atoms with Crippen molar-refractivity contribution in [3.05, 3.63) is 82.3 Å². The number of allylic oxidation sites excluding steroid dienone is 1. The van der Waals surface area contributed by atoms with E-state index in [1.165, 1.54) is 4.90 Å². The Bertz CT molecular complexity index is 1290. The molecule has 6 heteroatoms. The van der Waals surface area contributed by atoms with Crippen LogP contribution in [0.15, 0.2) is 65.9 Å². The molecule has 1 unspecified atom stereocenters. The monoisotopic (exact) mass is 425 g/mol. The molecule has 1 atom stereocenters. The molecule has 0 radical (unpaired) electrons. The predicted octanol–water partition coefficient (Wildman–Crippen LogP) is 5.61. The number of carbonyl (C=O) groups is 2. The Morgan fingerprint density at radius 1 is 1.03 bits per heavy atom. The summed E-state index contributed by atoms with van der Waals surface area (Å²) >= 11 is 0. The molecule has 5 rings (SSSR count). The Labute approximate surface area is 185 Å². The summed E-state index contributed by atoms with van der Waals surface area (Å²) in [5.74, 6) is -0.158. The van der Waals surface area contributed by atoms with E-state index < -0.39 is 0 Å². The molecule has 0 saturated carbocycles. The third-order valence-electron chi connectivity index (χ3n) is 6.39. The first-order valence-corrected chi connectivity index (χ1v) is 10.9. The van der Waals surface area contributed by atoms with E-state index in [0.29, 0.717) is 47.9 Å². The maximum Gasteiger partial charge on any atom is 0.261 e. The summed E-state index contributed by atoms with van der Waals surface area (Å²) in [6, 6.07) is 17.1. The molecule has 2 aliphatic rings. The van der Waals surface area contributed by atoms with E-state index in [1.54, 1.807) is 0 Å². The lowest BCUT2D eigenvalue weighted by molar-refractivity contribution is -0.122. The lowest BCUT2D eigenvalue weighted by Crippen LogP contribution is -2.43. The standard InChI is InChI=1S/C26H23N3O3/c1-16-10-12-21-23-18(16)8-4-9-20(23)25(30)29(26(21)31)15-5-14-27-22-13-11-17-6-2-3-7-19(17)24(22)28-32/h2-4,6-9,11-13,16,27H,5,10,14-15H2,1H3. The zero-order valence-corrected chi connectivity index (χ0v) is 17.8. The van der Waals surface area contributed by atoms with E-state index in [9.17, 15) is 14.5 Å². The van der Waals surface area contributed by atoms with Crippen LogP contribution < -0.4 is 5.32 Å². The number of carbonyl (C=O) groups excluding carboxylic acids is 2. The van der Waals surface area contributed by atoms with E-state index in [0.717, 1.165) is 28.3 Å². The first-order valence-electron chi connectivity index (χ1n) is 10.9. The quantitative estimate of drug-likeness (QED) is 0.316. The molecule has 3 aromatic carbocycles. The summed E-state index contributed by atoms with van der Waals surface area (Å²) in [6.45, 7) is 2.92. The molecule has 1 aliphatic heterocycles. The molecule has 160 valence electrons. The first kappa shape index (κ1) is 20.1. The number of hydrogen-bond acceptors (Lipinski definition) is 5. The van der Waals surface area contributed by atoms with Crippen LogP contribution in [0.4, 0.5) is 11.4 Å². The maximum atomic E-state index is 13.1. The summed E-state index contributed by atoms with van der Waals surface area (Å²) in [7, 11) is 0. The van der Waals surface area contributed by atoms with Crippen LogP contribution in [-0.4, -0.2) is 29.8 Å². The average Bonchev–Trinajstić information content (AvgIpc) is 2.82. The number of amides is 2. The van der Waals surface area contributed by atoms with Crippen LogP contribution >= 0.6 is 0 Å². The Hall–Kier alpha value is -3.80. The van der Waals surface area contributed by atoms with Gasteiger partial charge in [-0.1, -0.05) is 55.5 Å². The fraction of sp³-hybridized carbons (Fsp3) is 0.231. The third kappa shape index (κ3) is 3.19. The number of nitrogens with one attached hydrogen (secondary N) is 1. The van der Waals surface area contributed by atoms with E-state index in [-0.39, 0.29) is 11.8 Å². The summed E-state index contributed by atoms with van der Waals surface area (Å²) < 4.78 is 0. The molecular formula is C26H23N3O3. The van der Waals surface area contributed by atoms with Gasteiger partial charge >= 0.3 is 0 Å². The van der Waals surface area contributed by atoms with Crippen LogP contribution in [0.3, 0.4) is 0 Å². The number of nitrogens with zero attached hydrogens (tertiary/aromatic N) is 2. The van der Waals surface area contributed by atoms with E-state index in [1.807, 2.05) is 60.7 Å². The molecule has 0 fully saturated rings. The van der Waals surface area contributed by atoms with Crippen LogP contribution in [0.25, 0.3) is 16.3 Å². The number of anilines is 1. The fourth-order valence-corrected chi connectivity index (χ4v) is 4.72. The van der Waals surface area contributed by atoms with Crippen LogP contribution in [0.5, 0.6) is 0 Å². The van der Waals surface area contributed by atoms with Gasteiger partial charge in [0.2, 0.25) is 0 Å². The zero-order valence-electron chi connectivity index (χ0n) is 17.8. The van der Waals surface area contributed by atoms with Gasteiger partial charge in [-0.05, 0) is 47.0 Å². The van der Waals surface area contributed by atoms with E-state index in [4.69, 9.17) is 0 Å². The van der Waals surface area contributed by atoms with Gasteiger partial charge < -0.3 is 5.32 Å². The largest absolute Gasteiger partial charge is 0.383 e. The van der Waals surface area contributed by atoms with Gasteiger partial charge in [0.15, 0.2) is 0 Å². The molecule has 0 saturated heterocycles. The van der Waals surface area contributed by atoms with Gasteiger partial charge in [0.1, 0.15) is 5.69 Å². The van der Waals surface area contributed by atoms with Gasteiger partial charge in [0, 0.05) is 35.2 Å². The van der Waals surface area contributed by atoms with Crippen LogP contribution in [-0.2, 0) is 4.79 Å². The minimum absolute atomic E-state index is 0.220. The number of hydrogen-bond donors (Lipinski definition) is 1. The highest BCUT2D eigenvalue weighted by atomic mass is 16.3. The maximum absolute atomic E-state index is 13.1. The molecule has 0 spiro atoms. The van der Waals surface area contributed by atoms with Gasteiger partial charge in [-0.3, -0.25) is 14.5 Å². The highest BCUT2D eigenvalue weighted by molar-refractivity contribution is 6.31. The highest BCUT2D eigenvalue weighted by Gasteiger charge is 2.37. The van der Waals surface area contributed by atoms with Crippen molar-refractivity contribution in [3.8, 4) is 0 Å². The van der Waals surface area contributed by atoms with Crippen molar-refractivity contribution in [3.63, 3.8) is 0 Å². The van der Waals surface area contributed by atoms with Gasteiger partial charge in [0.05, 0.1) is 5.69 Å². The van der Waals surface area contributed by atoms with Crippen molar-refractivity contribution in [2.75, 3.05) is 18.4 Å². The molecule has 2 amide bonds. The van der Waals surface area contributed by atoms with Gasteiger partial charge in [0.25, 0.3) is 11.8 Å². The number of fused-ring (bicyclic) bond motifs is 1. The second-order valence-electron chi connectivity index (χ2n) is 8.34. The van der Waals surface area contributed by atoms with Crippen LogP contribution in [0.2, 0.25) is 0 Å². The highest BCUT2D eigenvalue weighted by Crippen LogP contribution is 2.40. The molecule has 0 bridgehead atoms. The summed E-state index contributed by atoms with van der Waals surface area (Å²) in [5.41, 5.74) is 4.16. The number of imide groups is 1. The molecule has 6 nitrogen and oxygen atoms in total. The number of benzene rings is 3. The van der Waals surface area contributed by atoms with Crippen molar-refractivity contribution in [1.29, 1.82) is 0 Å². The number of nitroso groups, excluding NO2 is 1. The van der Waals surface area contributed by atoms with Crippen LogP contribution in [0.1, 0.15) is 47.2 Å². The molecule has 3 aromatic rings. The predicted molar refractivity (Wildman–Crippen MR) is 126 cm³/mol. The minimum atomic E-state index is -0.237. The SMILES string of the molecule is CC1CC=C2C(=O)N(CCCNc3ccc4ccccc4c3N=O)C(=O)c3cccc1c32. The lowest BCUT2D eigenvalue weighted by atomic mass is 9.79. The normalized spacial score (nSPS) is 17.2. The first-order chi connectivity index (χ1) is 15.6. The summed E-state index contributed by atoms with van der Waals surface area (Å²) in [5, 5.41) is 8.20. The third-order valence-corrected chi connectivity index (χ3v) is 6.39. The topological polar surface area (TPSA) is 78.8 Å². The Morgan fingerprint density at radius 2 is 1.88 bits per heavy atom. The Morgan fingerprint density at radius 3 is 2.72 bits per heavy atom. The van der Waals surface area contributed by atoms with E-state index in [2.05, 4.69) is 17.4 Å². The van der Waals surface area contributed by atoms with Crippen molar-refractivity contribution in [2.45, 2.75) is 25.7 Å². The van der Waals surface area contributed by atoms with Gasteiger partial charge in [-0.2, -0.15) is 0 Å². The molecule has 1 N–H and O–H groups in total. The van der Waals surface area contributed by atoms with Crippen molar-refractivity contribution >= 4 is 39.5 Å². The smallest absolute Gasteiger partial charge is 0.261 e. The summed E-state index contributed by atoms with van der Waals surface area (Å²) in [4.78, 5) is 39.0. The van der Waals surface area contributed by atoms with Crippen molar-refractivity contribution < 1.29 is 9.59 Å². The van der Waals surface area contributed by atoms with Gasteiger partial charge in [-0.15, -0.1) is 4.91 Å². The molecule has 1 heterocycles. The fourth-order valence-electron chi connectivity index (χ4n) is 4.72. The average molecular weight is 425 g/mol. The number of rotatable bonds is 6.